The van der Waals surface area contributed by atoms with Crippen LogP contribution >= 0.6 is 0 Å². The standard InChI is InChI=1S/C27H36O4Si/c1-7-19-18-27(19)23(22-24(30-27)29-26(5,6)28-22)31-32(25(2,3)4,20-14-10-8-11-15-20)21-16-12-9-13-17-21/h8-17,19,22-24H,7,18H2,1-6H3/t19-,22+,23?,24+,27-/m1/s1. The summed E-state index contributed by atoms with van der Waals surface area (Å²) in [6.07, 6.45) is 1.33. The van der Waals surface area contributed by atoms with E-state index in [1.54, 1.807) is 0 Å². The molecule has 1 saturated carbocycles. The van der Waals surface area contributed by atoms with Crippen molar-refractivity contribution in [3.63, 3.8) is 0 Å². The molecular weight excluding hydrogens is 416 g/mol. The fraction of sp³-hybridized carbons (Fsp3) is 0.556. The van der Waals surface area contributed by atoms with Gasteiger partial charge >= 0.3 is 0 Å². The van der Waals surface area contributed by atoms with Crippen molar-refractivity contribution in [2.24, 2.45) is 5.92 Å². The maximum absolute atomic E-state index is 7.56. The molecule has 2 aromatic rings. The van der Waals surface area contributed by atoms with E-state index < -0.39 is 14.1 Å². The van der Waals surface area contributed by atoms with Crippen LogP contribution in [-0.4, -0.2) is 38.2 Å². The molecule has 2 heterocycles. The molecule has 0 amide bonds. The summed E-state index contributed by atoms with van der Waals surface area (Å²) < 4.78 is 26.8. The van der Waals surface area contributed by atoms with Gasteiger partial charge < -0.3 is 18.6 Å². The van der Waals surface area contributed by atoms with E-state index in [-0.39, 0.29) is 29.1 Å². The lowest BCUT2D eigenvalue weighted by Gasteiger charge is -2.46. The van der Waals surface area contributed by atoms with Gasteiger partial charge in [0.1, 0.15) is 17.8 Å². The number of benzene rings is 2. The minimum Gasteiger partial charge on any atom is -0.399 e. The van der Waals surface area contributed by atoms with Gasteiger partial charge in [-0.25, -0.2) is 0 Å². The Morgan fingerprint density at radius 3 is 1.94 bits per heavy atom. The van der Waals surface area contributed by atoms with Gasteiger partial charge in [0.15, 0.2) is 12.1 Å². The third-order valence-corrected chi connectivity index (χ3v) is 12.5. The second-order valence-corrected chi connectivity index (χ2v) is 15.3. The van der Waals surface area contributed by atoms with Crippen LogP contribution in [-0.2, 0) is 18.6 Å². The Labute approximate surface area is 193 Å². The molecule has 3 aliphatic rings. The van der Waals surface area contributed by atoms with Crippen molar-refractivity contribution in [3.05, 3.63) is 60.7 Å². The topological polar surface area (TPSA) is 36.9 Å². The summed E-state index contributed by atoms with van der Waals surface area (Å²) in [5.74, 6) is -0.188. The summed E-state index contributed by atoms with van der Waals surface area (Å²) in [6, 6.07) is 21.6. The molecule has 0 N–H and O–H groups in total. The molecule has 1 unspecified atom stereocenters. The van der Waals surface area contributed by atoms with Crippen LogP contribution in [0.15, 0.2) is 60.7 Å². The van der Waals surface area contributed by atoms with E-state index in [0.717, 1.165) is 12.8 Å². The zero-order valence-corrected chi connectivity index (χ0v) is 21.1. The molecular formula is C27H36O4Si. The fourth-order valence-corrected chi connectivity index (χ4v) is 10.7. The van der Waals surface area contributed by atoms with Crippen LogP contribution in [0.25, 0.3) is 0 Å². The summed E-state index contributed by atoms with van der Waals surface area (Å²) in [5.41, 5.74) is -0.312. The highest BCUT2D eigenvalue weighted by Crippen LogP contribution is 2.61. The maximum Gasteiger partial charge on any atom is 0.261 e. The lowest BCUT2D eigenvalue weighted by molar-refractivity contribution is -0.221. The molecule has 5 heteroatoms. The molecule has 5 atom stereocenters. The van der Waals surface area contributed by atoms with Gasteiger partial charge in [0.25, 0.3) is 8.32 Å². The minimum absolute atomic E-state index is 0.0967. The van der Waals surface area contributed by atoms with E-state index in [1.165, 1.54) is 10.4 Å². The normalized spacial score (nSPS) is 33.4. The van der Waals surface area contributed by atoms with Gasteiger partial charge in [-0.1, -0.05) is 94.8 Å². The van der Waals surface area contributed by atoms with E-state index in [4.69, 9.17) is 18.6 Å². The molecule has 1 spiro atoms. The van der Waals surface area contributed by atoms with Gasteiger partial charge in [0.05, 0.1) is 0 Å². The highest BCUT2D eigenvalue weighted by atomic mass is 28.4. The van der Waals surface area contributed by atoms with Crippen molar-refractivity contribution >= 4 is 18.7 Å². The van der Waals surface area contributed by atoms with Gasteiger partial charge in [-0.15, -0.1) is 0 Å². The van der Waals surface area contributed by atoms with Crippen LogP contribution in [0, 0.1) is 5.92 Å². The van der Waals surface area contributed by atoms with Crippen LogP contribution in [0.2, 0.25) is 5.04 Å². The van der Waals surface area contributed by atoms with E-state index in [0.29, 0.717) is 5.92 Å². The van der Waals surface area contributed by atoms with Crippen molar-refractivity contribution in [2.45, 2.75) is 89.3 Å². The number of fused-ring (bicyclic) bond motifs is 1. The summed E-state index contributed by atoms with van der Waals surface area (Å²) in [7, 11) is -2.73. The highest BCUT2D eigenvalue weighted by Gasteiger charge is 2.73. The first-order valence-corrected chi connectivity index (χ1v) is 13.9. The van der Waals surface area contributed by atoms with Crippen molar-refractivity contribution in [1.29, 1.82) is 0 Å². The minimum atomic E-state index is -2.73. The lowest BCUT2D eigenvalue weighted by Crippen LogP contribution is -2.69. The Bertz CT molecular complexity index is 915. The smallest absolute Gasteiger partial charge is 0.261 e. The average Bonchev–Trinajstić information content (AvgIpc) is 3.28. The van der Waals surface area contributed by atoms with Gasteiger partial charge in [-0.05, 0) is 41.6 Å². The first kappa shape index (κ1) is 22.3. The van der Waals surface area contributed by atoms with E-state index in [9.17, 15) is 0 Å². The van der Waals surface area contributed by atoms with Crippen LogP contribution in [0.5, 0.6) is 0 Å². The second kappa shape index (κ2) is 7.50. The van der Waals surface area contributed by atoms with E-state index in [2.05, 4.69) is 88.4 Å². The molecule has 4 nitrogen and oxygen atoms in total. The highest BCUT2D eigenvalue weighted by molar-refractivity contribution is 6.99. The second-order valence-electron chi connectivity index (χ2n) is 11.1. The molecule has 5 rings (SSSR count). The third-order valence-electron chi connectivity index (χ3n) is 7.51. The molecule has 172 valence electrons. The summed E-state index contributed by atoms with van der Waals surface area (Å²) in [6.45, 7) is 13.1. The maximum atomic E-state index is 7.56. The van der Waals surface area contributed by atoms with E-state index in [1.807, 2.05) is 13.8 Å². The molecule has 0 aromatic heterocycles. The van der Waals surface area contributed by atoms with Gasteiger partial charge in [0, 0.05) is 0 Å². The quantitative estimate of drug-likeness (QED) is 0.621. The first-order chi connectivity index (χ1) is 15.1. The van der Waals surface area contributed by atoms with Crippen LogP contribution in [0.3, 0.4) is 0 Å². The molecule has 2 saturated heterocycles. The number of rotatable bonds is 5. The van der Waals surface area contributed by atoms with Crippen LogP contribution < -0.4 is 10.4 Å². The number of ether oxygens (including phenoxy) is 3. The summed E-state index contributed by atoms with van der Waals surface area (Å²) >= 11 is 0. The monoisotopic (exact) mass is 452 g/mol. The Morgan fingerprint density at radius 2 is 1.47 bits per heavy atom. The SMILES string of the molecule is CC[C@@H]1C[C@@]12O[C@@H]1OC(C)(C)O[C@H]1C2O[Si](c1ccccc1)(c1ccccc1)C(C)(C)C. The Balaban J connectivity index is 1.66. The molecule has 0 radical (unpaired) electrons. The summed E-state index contributed by atoms with van der Waals surface area (Å²) in [4.78, 5) is 0. The number of hydrogen-bond donors (Lipinski definition) is 0. The predicted molar refractivity (Wildman–Crippen MR) is 129 cm³/mol. The number of hydrogen-bond acceptors (Lipinski definition) is 4. The van der Waals surface area contributed by atoms with Gasteiger partial charge in [-0.3, -0.25) is 0 Å². The van der Waals surface area contributed by atoms with E-state index >= 15 is 0 Å². The van der Waals surface area contributed by atoms with Gasteiger partial charge in [-0.2, -0.15) is 0 Å². The first-order valence-electron chi connectivity index (χ1n) is 12.0. The Kier molecular flexibility index (Phi) is 5.23. The van der Waals surface area contributed by atoms with Gasteiger partial charge in [0.2, 0.25) is 0 Å². The average molecular weight is 453 g/mol. The Hall–Kier alpha value is -1.50. The largest absolute Gasteiger partial charge is 0.399 e. The third kappa shape index (κ3) is 3.33. The lowest BCUT2D eigenvalue weighted by atomic mass is 10.1. The molecule has 32 heavy (non-hydrogen) atoms. The molecule has 2 aromatic carbocycles. The molecule has 2 aliphatic heterocycles. The molecule has 1 aliphatic carbocycles. The molecule has 0 bridgehead atoms. The zero-order valence-electron chi connectivity index (χ0n) is 20.1. The Morgan fingerprint density at radius 1 is 0.906 bits per heavy atom. The van der Waals surface area contributed by atoms with Crippen molar-refractivity contribution < 1.29 is 18.6 Å². The van der Waals surface area contributed by atoms with Crippen molar-refractivity contribution in [3.8, 4) is 0 Å². The van der Waals surface area contributed by atoms with Crippen molar-refractivity contribution in [1.82, 2.24) is 0 Å². The summed E-state index contributed by atoms with van der Waals surface area (Å²) in [5, 5.41) is 2.47. The molecule has 3 fully saturated rings. The zero-order chi connectivity index (χ0) is 22.8. The van der Waals surface area contributed by atoms with Crippen LogP contribution in [0.4, 0.5) is 0 Å². The predicted octanol–water partition coefficient (Wildman–Crippen LogP) is 4.61. The fourth-order valence-electron chi connectivity index (χ4n) is 5.97. The van der Waals surface area contributed by atoms with Crippen LogP contribution in [0.1, 0.15) is 54.4 Å². The van der Waals surface area contributed by atoms with Crippen molar-refractivity contribution in [2.75, 3.05) is 0 Å².